The number of nitrogens with zero attached hydrogens (tertiary/aromatic N) is 3. The Morgan fingerprint density at radius 1 is 1.04 bits per heavy atom. The zero-order valence-electron chi connectivity index (χ0n) is 15.9. The molecule has 2 aliphatic rings. The second kappa shape index (κ2) is 7.09. The molecule has 0 N–H and O–H groups in total. The van der Waals surface area contributed by atoms with Gasteiger partial charge in [0.2, 0.25) is 5.91 Å². The Morgan fingerprint density at radius 3 is 2.19 bits per heavy atom. The molecule has 2 fully saturated rings. The van der Waals surface area contributed by atoms with Gasteiger partial charge in [0.1, 0.15) is 12.6 Å². The summed E-state index contributed by atoms with van der Waals surface area (Å²) in [7, 11) is 0. The molecule has 2 heterocycles. The Labute approximate surface area is 154 Å². The summed E-state index contributed by atoms with van der Waals surface area (Å²) in [5.41, 5.74) is 1.76. The zero-order valence-corrected chi connectivity index (χ0v) is 15.9. The molecule has 3 rings (SSSR count). The van der Waals surface area contributed by atoms with Gasteiger partial charge in [0.15, 0.2) is 0 Å². The quantitative estimate of drug-likeness (QED) is 0.782. The van der Waals surface area contributed by atoms with Gasteiger partial charge in [-0.3, -0.25) is 19.4 Å². The number of amides is 4. The van der Waals surface area contributed by atoms with E-state index >= 15 is 0 Å². The van der Waals surface area contributed by atoms with Gasteiger partial charge in [-0.15, -0.1) is 0 Å². The van der Waals surface area contributed by atoms with Crippen LogP contribution in [0.5, 0.6) is 0 Å². The molecule has 0 aromatic heterocycles. The van der Waals surface area contributed by atoms with Gasteiger partial charge < -0.3 is 4.90 Å². The van der Waals surface area contributed by atoms with Crippen LogP contribution >= 0.6 is 0 Å². The summed E-state index contributed by atoms with van der Waals surface area (Å²) in [4.78, 5) is 42.7. The highest BCUT2D eigenvalue weighted by Crippen LogP contribution is 2.27. The molecule has 0 radical (unpaired) electrons. The van der Waals surface area contributed by atoms with Crippen LogP contribution in [0, 0.1) is 6.92 Å². The first-order chi connectivity index (χ1) is 12.3. The zero-order chi connectivity index (χ0) is 19.0. The number of hydrogen-bond acceptors (Lipinski definition) is 3. The minimum atomic E-state index is -0.603. The van der Waals surface area contributed by atoms with Crippen molar-refractivity contribution in [3.63, 3.8) is 0 Å². The Bertz CT molecular complexity index is 706. The number of urea groups is 1. The molecular weight excluding hydrogens is 330 g/mol. The number of anilines is 1. The van der Waals surface area contributed by atoms with Crippen molar-refractivity contribution in [1.82, 2.24) is 9.80 Å². The molecular formula is C20H27N3O3. The largest absolute Gasteiger partial charge is 0.336 e. The first-order valence-corrected chi connectivity index (χ1v) is 9.33. The van der Waals surface area contributed by atoms with Crippen LogP contribution in [-0.4, -0.2) is 52.3 Å². The maximum Gasteiger partial charge on any atom is 0.332 e. The second-order valence-corrected chi connectivity index (χ2v) is 7.52. The van der Waals surface area contributed by atoms with E-state index in [0.717, 1.165) is 29.7 Å². The number of imide groups is 1. The average Bonchev–Trinajstić information content (AvgIpc) is 2.79. The molecule has 26 heavy (non-hydrogen) atoms. The molecule has 2 saturated heterocycles. The molecule has 140 valence electrons. The maximum absolute atomic E-state index is 12.9. The van der Waals surface area contributed by atoms with Crippen LogP contribution in [0.1, 0.15) is 45.6 Å². The molecule has 3 atom stereocenters. The van der Waals surface area contributed by atoms with Crippen molar-refractivity contribution in [1.29, 1.82) is 0 Å². The third-order valence-corrected chi connectivity index (χ3v) is 5.53. The molecule has 6 heteroatoms. The van der Waals surface area contributed by atoms with Gasteiger partial charge in [-0.25, -0.2) is 4.79 Å². The minimum Gasteiger partial charge on any atom is -0.336 e. The summed E-state index contributed by atoms with van der Waals surface area (Å²) in [5, 5.41) is 0. The van der Waals surface area contributed by atoms with E-state index in [-0.39, 0.29) is 30.4 Å². The van der Waals surface area contributed by atoms with E-state index in [1.165, 1.54) is 4.90 Å². The summed E-state index contributed by atoms with van der Waals surface area (Å²) < 4.78 is 0. The lowest BCUT2D eigenvalue weighted by Crippen LogP contribution is -2.52. The second-order valence-electron chi connectivity index (χ2n) is 7.52. The monoisotopic (exact) mass is 357 g/mol. The highest BCUT2D eigenvalue weighted by Gasteiger charge is 2.45. The van der Waals surface area contributed by atoms with Gasteiger partial charge in [0.25, 0.3) is 5.91 Å². The number of carbonyl (C=O) groups excluding carboxylic acids is 3. The van der Waals surface area contributed by atoms with Crippen molar-refractivity contribution in [3.05, 3.63) is 29.8 Å². The van der Waals surface area contributed by atoms with Crippen LogP contribution in [0.4, 0.5) is 10.5 Å². The van der Waals surface area contributed by atoms with Crippen molar-refractivity contribution < 1.29 is 14.4 Å². The van der Waals surface area contributed by atoms with Crippen LogP contribution in [-0.2, 0) is 9.59 Å². The molecule has 0 bridgehead atoms. The number of carbonyl (C=O) groups is 3. The molecule has 0 aliphatic carbocycles. The van der Waals surface area contributed by atoms with Crippen molar-refractivity contribution in [2.45, 2.75) is 65.1 Å². The van der Waals surface area contributed by atoms with Gasteiger partial charge in [0.05, 0.1) is 0 Å². The van der Waals surface area contributed by atoms with Crippen molar-refractivity contribution in [2.24, 2.45) is 0 Å². The number of piperidine rings is 1. The smallest absolute Gasteiger partial charge is 0.332 e. The van der Waals surface area contributed by atoms with E-state index in [1.807, 2.05) is 49.9 Å². The number of rotatable bonds is 3. The van der Waals surface area contributed by atoms with Gasteiger partial charge in [-0.1, -0.05) is 17.7 Å². The Hall–Kier alpha value is -2.37. The number of likely N-dealkylation sites (tertiary alicyclic amines) is 1. The normalized spacial score (nSPS) is 26.6. The molecule has 4 amide bonds. The van der Waals surface area contributed by atoms with Crippen molar-refractivity contribution >= 4 is 23.5 Å². The Balaban J connectivity index is 1.78. The van der Waals surface area contributed by atoms with E-state index < -0.39 is 12.1 Å². The van der Waals surface area contributed by atoms with Crippen LogP contribution in [0.25, 0.3) is 0 Å². The maximum atomic E-state index is 12.9. The first-order valence-electron chi connectivity index (χ1n) is 9.33. The standard InChI is InChI=1S/C20H27N3O3/c1-13-8-10-17(11-9-13)23-16(4)19(25)21(20(23)26)12-18(24)22-14(2)6-5-7-15(22)3/h8-11,14-16H,5-7,12H2,1-4H3/t14-,15+,16-/m1/s1. The summed E-state index contributed by atoms with van der Waals surface area (Å²) in [6.45, 7) is 7.55. The van der Waals surface area contributed by atoms with Crippen molar-refractivity contribution in [2.75, 3.05) is 11.4 Å². The Kier molecular flexibility index (Phi) is 5.03. The lowest BCUT2D eigenvalue weighted by Gasteiger charge is -2.39. The fourth-order valence-electron chi connectivity index (χ4n) is 4.04. The fourth-order valence-corrected chi connectivity index (χ4v) is 4.04. The van der Waals surface area contributed by atoms with Gasteiger partial charge in [-0.2, -0.15) is 0 Å². The molecule has 0 spiro atoms. The molecule has 6 nitrogen and oxygen atoms in total. The van der Waals surface area contributed by atoms with Gasteiger partial charge in [-0.05, 0) is 59.1 Å². The van der Waals surface area contributed by atoms with E-state index in [0.29, 0.717) is 5.69 Å². The molecule has 0 saturated carbocycles. The van der Waals surface area contributed by atoms with Gasteiger partial charge >= 0.3 is 6.03 Å². The summed E-state index contributed by atoms with van der Waals surface area (Å²) in [6.07, 6.45) is 3.03. The number of benzene rings is 1. The fraction of sp³-hybridized carbons (Fsp3) is 0.550. The predicted octanol–water partition coefficient (Wildman–Crippen LogP) is 2.94. The summed E-state index contributed by atoms with van der Waals surface area (Å²) in [6, 6.07) is 6.74. The summed E-state index contributed by atoms with van der Waals surface area (Å²) in [5.74, 6) is -0.467. The van der Waals surface area contributed by atoms with E-state index in [9.17, 15) is 14.4 Å². The van der Waals surface area contributed by atoms with Crippen LogP contribution in [0.2, 0.25) is 0 Å². The lowest BCUT2D eigenvalue weighted by atomic mass is 9.97. The molecule has 0 unspecified atom stereocenters. The third kappa shape index (κ3) is 3.20. The highest BCUT2D eigenvalue weighted by atomic mass is 16.2. The lowest BCUT2D eigenvalue weighted by molar-refractivity contribution is -0.141. The molecule has 2 aliphatic heterocycles. The third-order valence-electron chi connectivity index (χ3n) is 5.53. The number of hydrogen-bond donors (Lipinski definition) is 0. The summed E-state index contributed by atoms with van der Waals surface area (Å²) >= 11 is 0. The highest BCUT2D eigenvalue weighted by molar-refractivity contribution is 6.15. The predicted molar refractivity (Wildman–Crippen MR) is 99.9 cm³/mol. The Morgan fingerprint density at radius 2 is 1.62 bits per heavy atom. The molecule has 1 aromatic rings. The average molecular weight is 357 g/mol. The van der Waals surface area contributed by atoms with Crippen LogP contribution in [0.3, 0.4) is 0 Å². The van der Waals surface area contributed by atoms with E-state index in [4.69, 9.17) is 0 Å². The van der Waals surface area contributed by atoms with Crippen LogP contribution in [0.15, 0.2) is 24.3 Å². The van der Waals surface area contributed by atoms with E-state index in [1.54, 1.807) is 6.92 Å². The number of aryl methyl sites for hydroxylation is 1. The first kappa shape index (κ1) is 18.4. The molecule has 1 aromatic carbocycles. The van der Waals surface area contributed by atoms with E-state index in [2.05, 4.69) is 0 Å². The SMILES string of the molecule is Cc1ccc(N2C(=O)N(CC(=O)N3[C@H](C)CCC[C@@H]3C)C(=O)[C@H]2C)cc1. The minimum absolute atomic E-state index is 0.143. The van der Waals surface area contributed by atoms with Crippen molar-refractivity contribution in [3.8, 4) is 0 Å². The van der Waals surface area contributed by atoms with Crippen LogP contribution < -0.4 is 4.90 Å². The van der Waals surface area contributed by atoms with Gasteiger partial charge in [0, 0.05) is 17.8 Å². The topological polar surface area (TPSA) is 60.9 Å².